The second kappa shape index (κ2) is 29.4. The zero-order valence-corrected chi connectivity index (χ0v) is 49.3. The molecular weight excluding hydrogens is 1160 g/mol. The lowest BCUT2D eigenvalue weighted by Crippen LogP contribution is -2.31. The molecule has 0 bridgehead atoms. The minimum absolute atomic E-state index is 0.0452. The van der Waals surface area contributed by atoms with Crippen LogP contribution in [0, 0.1) is 23.7 Å². The van der Waals surface area contributed by atoms with Gasteiger partial charge in [-0.3, -0.25) is 52.4 Å². The number of nitrogens with one attached hydrogen (secondary N) is 4. The van der Waals surface area contributed by atoms with Crippen molar-refractivity contribution in [2.75, 3.05) is 52.2 Å². The van der Waals surface area contributed by atoms with Crippen LogP contribution in [0.5, 0.6) is 0 Å². The molecule has 0 spiro atoms. The number of H-pyrrole nitrogens is 3. The number of benzene rings is 2. The third-order valence-electron chi connectivity index (χ3n) is 15.8. The molecule has 4 aliphatic heterocycles. The summed E-state index contributed by atoms with van der Waals surface area (Å²) in [4.78, 5) is 112. The Bertz CT molecular complexity index is 3580. The molecule has 26 heteroatoms. The Hall–Kier alpha value is -5.97. The molecule has 4 aromatic heterocycles. The van der Waals surface area contributed by atoms with Gasteiger partial charge in [0.2, 0.25) is 0 Å². The fourth-order valence-electron chi connectivity index (χ4n) is 11.5. The average molecular weight is 1230 g/mol. The first kappa shape index (κ1) is 61.1. The maximum atomic E-state index is 13.5. The first-order valence-corrected chi connectivity index (χ1v) is 32.9. The van der Waals surface area contributed by atoms with Crippen LogP contribution in [0.4, 0.5) is 5.82 Å². The number of carbonyl (C=O) groups is 1. The summed E-state index contributed by atoms with van der Waals surface area (Å²) in [6.45, 7) is -0.0703. The highest BCUT2D eigenvalue weighted by Gasteiger charge is 2.41. The molecule has 0 aliphatic carbocycles. The Morgan fingerprint density at radius 1 is 0.500 bits per heavy atom. The number of carbonyl (C=O) groups excluding carboxylic acids is 1. The number of thioether (sulfide) groups is 4. The first-order chi connectivity index (χ1) is 40.8. The van der Waals surface area contributed by atoms with Crippen LogP contribution in [0.15, 0.2) is 143 Å². The van der Waals surface area contributed by atoms with Crippen molar-refractivity contribution in [1.29, 1.82) is 0 Å². The highest BCUT2D eigenvalue weighted by Crippen LogP contribution is 2.42. The Labute approximate surface area is 499 Å². The second-order valence-electron chi connectivity index (χ2n) is 21.5. The van der Waals surface area contributed by atoms with E-state index in [4.69, 9.17) is 18.9 Å². The lowest BCUT2D eigenvalue weighted by atomic mass is 10.0. The predicted octanol–water partition coefficient (Wildman–Crippen LogP) is 5.45. The number of hydrogen-bond donors (Lipinski definition) is 5. The summed E-state index contributed by atoms with van der Waals surface area (Å²) in [7, 11) is 0. The summed E-state index contributed by atoms with van der Waals surface area (Å²) < 4.78 is 32.0. The topological polar surface area (TPSA) is 286 Å². The van der Waals surface area contributed by atoms with Gasteiger partial charge >= 0.3 is 22.8 Å². The number of hydrogen-bond acceptors (Lipinski definition) is 18. The molecule has 0 unspecified atom stereocenters. The van der Waals surface area contributed by atoms with E-state index in [1.54, 1.807) is 71.8 Å². The number of ether oxygens (including phenoxy) is 4. The van der Waals surface area contributed by atoms with E-state index >= 15 is 0 Å². The molecule has 8 heterocycles. The van der Waals surface area contributed by atoms with Gasteiger partial charge in [-0.25, -0.2) is 19.2 Å². The summed E-state index contributed by atoms with van der Waals surface area (Å²) in [5.41, 5.74) is -1.92. The molecule has 0 saturated carbocycles. The van der Waals surface area contributed by atoms with E-state index in [9.17, 15) is 43.5 Å². The van der Waals surface area contributed by atoms with E-state index < -0.39 is 64.3 Å². The van der Waals surface area contributed by atoms with Gasteiger partial charge in [0, 0.05) is 60.9 Å². The lowest BCUT2D eigenvalue weighted by molar-refractivity contribution is -0.0160. The molecule has 448 valence electrons. The molecule has 4 fully saturated rings. The van der Waals surface area contributed by atoms with Crippen LogP contribution in [0.1, 0.15) is 92.2 Å². The zero-order chi connectivity index (χ0) is 58.5. The third kappa shape index (κ3) is 15.9. The van der Waals surface area contributed by atoms with Gasteiger partial charge in [-0.05, 0) is 139 Å². The summed E-state index contributed by atoms with van der Waals surface area (Å²) in [6.07, 6.45) is 7.78. The standard InChI is InChI=1S/C58H69N9O13S4/c68-23-15-42-38(27-51(77-42)65-20-12-47(69)61-56(65)74)32-81-24-16-43-39(28-52(78-43)66-21-13-48(70)62-57(66)75)33-82-25-17-44-40(29-53(79-44)67-22-14-49(71)63-58(67)76)34-83-26-18-45-41(35-84-31-36-7-3-1-4-8-36)30-50(80-45)64-19-11-46(60-55(64)73)59-54(72)37-9-5-2-6-10-37/h1-14,19-22,38-45,50-53,68H,15-18,23-35H2,(H,61,69,74)(H,62,70,75)(H,63,71,76)(H,59,60,72,73)/t38-,39-,40-,41-,42-,43-,44-,45-,50-,51-,52-,53-/m1/s1. The van der Waals surface area contributed by atoms with E-state index in [-0.39, 0.29) is 66.4 Å². The Morgan fingerprint density at radius 3 is 1.29 bits per heavy atom. The van der Waals surface area contributed by atoms with Crippen molar-refractivity contribution in [2.24, 2.45) is 23.7 Å². The van der Waals surface area contributed by atoms with Crippen molar-refractivity contribution in [3.8, 4) is 0 Å². The summed E-state index contributed by atoms with van der Waals surface area (Å²) >= 11 is 7.15. The molecule has 84 heavy (non-hydrogen) atoms. The first-order valence-electron chi connectivity index (χ1n) is 28.3. The minimum Gasteiger partial charge on any atom is -0.396 e. The van der Waals surface area contributed by atoms with Gasteiger partial charge in [0.15, 0.2) is 0 Å². The van der Waals surface area contributed by atoms with E-state index in [1.807, 2.05) is 36.0 Å². The SMILES string of the molecule is O=C(Nc1ccn([C@H]2C[C@H](CSCc3ccccc3)[C@@H](CCSC[C@H]3C[C@H](n4ccc(=O)[nH]c4=O)O[C@@H]3CCSC[C@H]3C[C@H](n4ccc(=O)[nH]c4=O)O[C@@H]3CCSC[C@H]3C[C@H](n4ccc(=O)[nH]c4=O)O[C@@H]3CCO)O2)c(=O)n1)c1ccccc1. The van der Waals surface area contributed by atoms with Gasteiger partial charge in [0.25, 0.3) is 22.6 Å². The molecule has 4 saturated heterocycles. The third-order valence-corrected chi connectivity index (χ3v) is 20.6. The normalized spacial score (nSPS) is 25.8. The minimum atomic E-state index is -0.573. The predicted molar refractivity (Wildman–Crippen MR) is 325 cm³/mol. The summed E-state index contributed by atoms with van der Waals surface area (Å²) in [6, 6.07) is 24.6. The number of anilines is 1. The molecule has 5 N–H and O–H groups in total. The number of nitrogens with zero attached hydrogens (tertiary/aromatic N) is 5. The zero-order valence-electron chi connectivity index (χ0n) is 46.1. The van der Waals surface area contributed by atoms with Crippen LogP contribution in [0.25, 0.3) is 0 Å². The number of aliphatic hydroxyl groups excluding tert-OH is 1. The summed E-state index contributed by atoms with van der Waals surface area (Å²) in [5, 5.41) is 12.5. The smallest absolute Gasteiger partial charge is 0.351 e. The van der Waals surface area contributed by atoms with Gasteiger partial charge < -0.3 is 29.4 Å². The van der Waals surface area contributed by atoms with Crippen LogP contribution < -0.4 is 44.8 Å². The van der Waals surface area contributed by atoms with E-state index in [2.05, 4.69) is 37.4 Å². The molecule has 4 aliphatic rings. The fraction of sp³-hybridized carbons (Fsp3) is 0.500. The number of aliphatic hydroxyl groups is 1. The largest absolute Gasteiger partial charge is 0.396 e. The van der Waals surface area contributed by atoms with Crippen LogP contribution in [0.2, 0.25) is 0 Å². The van der Waals surface area contributed by atoms with E-state index in [0.29, 0.717) is 56.3 Å². The number of amides is 1. The van der Waals surface area contributed by atoms with Crippen molar-refractivity contribution in [1.82, 2.24) is 38.2 Å². The van der Waals surface area contributed by atoms with E-state index in [1.165, 1.54) is 60.6 Å². The molecule has 10 rings (SSSR count). The number of rotatable bonds is 27. The highest BCUT2D eigenvalue weighted by atomic mass is 32.2. The fourth-order valence-corrected chi connectivity index (χ4v) is 16.4. The lowest BCUT2D eigenvalue weighted by Gasteiger charge is -2.21. The van der Waals surface area contributed by atoms with Crippen molar-refractivity contribution < 1.29 is 28.8 Å². The van der Waals surface area contributed by atoms with Crippen LogP contribution >= 0.6 is 47.0 Å². The number of aromatic nitrogens is 8. The van der Waals surface area contributed by atoms with Crippen LogP contribution in [-0.2, 0) is 24.7 Å². The molecular formula is C58H69N9O13S4. The van der Waals surface area contributed by atoms with Gasteiger partial charge in [0.1, 0.15) is 30.7 Å². The van der Waals surface area contributed by atoms with E-state index in [0.717, 1.165) is 46.7 Å². The molecule has 6 aromatic rings. The van der Waals surface area contributed by atoms with Crippen molar-refractivity contribution >= 4 is 58.8 Å². The van der Waals surface area contributed by atoms with Crippen molar-refractivity contribution in [3.05, 3.63) is 194 Å². The Balaban J connectivity index is 0.756. The van der Waals surface area contributed by atoms with Crippen LogP contribution in [-0.4, -0.2) is 121 Å². The van der Waals surface area contributed by atoms with Crippen LogP contribution in [0.3, 0.4) is 0 Å². The Morgan fingerprint density at radius 2 is 0.881 bits per heavy atom. The maximum Gasteiger partial charge on any atom is 0.351 e. The molecule has 2 aromatic carbocycles. The van der Waals surface area contributed by atoms with Crippen molar-refractivity contribution in [3.63, 3.8) is 0 Å². The molecule has 1 amide bonds. The highest BCUT2D eigenvalue weighted by molar-refractivity contribution is 7.99. The van der Waals surface area contributed by atoms with Crippen molar-refractivity contribution in [2.45, 2.75) is 106 Å². The van der Waals surface area contributed by atoms with Gasteiger partial charge in [-0.2, -0.15) is 52.0 Å². The van der Waals surface area contributed by atoms with Gasteiger partial charge in [-0.1, -0.05) is 48.5 Å². The molecule has 12 atom stereocenters. The summed E-state index contributed by atoms with van der Waals surface area (Å²) in [5.74, 6) is 6.23. The second-order valence-corrected chi connectivity index (χ2v) is 26.0. The monoisotopic (exact) mass is 1230 g/mol. The molecule has 0 radical (unpaired) electrons. The van der Waals surface area contributed by atoms with Gasteiger partial charge in [-0.15, -0.1) is 0 Å². The Kier molecular flexibility index (Phi) is 21.4. The maximum absolute atomic E-state index is 13.5. The average Bonchev–Trinajstić information content (AvgIpc) is 4.47. The number of aromatic amines is 3. The quantitative estimate of drug-likeness (QED) is 0.0401. The van der Waals surface area contributed by atoms with Gasteiger partial charge in [0.05, 0.1) is 24.4 Å². The molecule has 22 nitrogen and oxygen atoms in total.